The fourth-order valence-electron chi connectivity index (χ4n) is 8.67. The van der Waals surface area contributed by atoms with E-state index in [4.69, 9.17) is 31.5 Å². The van der Waals surface area contributed by atoms with Crippen LogP contribution in [0.5, 0.6) is 5.75 Å². The molecule has 0 amide bonds. The molecule has 266 valence electrons. The van der Waals surface area contributed by atoms with Crippen LogP contribution in [0.25, 0.3) is 0 Å². The lowest BCUT2D eigenvalue weighted by atomic mass is 9.55. The average Bonchev–Trinajstić information content (AvgIpc) is 3.32. The first-order chi connectivity index (χ1) is 23.5. The molecule has 6 N–H and O–H groups in total. The summed E-state index contributed by atoms with van der Waals surface area (Å²) in [7, 11) is 1.29. The van der Waals surface area contributed by atoms with E-state index in [0.717, 1.165) is 32.1 Å². The average molecular weight is 697 g/mol. The summed E-state index contributed by atoms with van der Waals surface area (Å²) < 4.78 is 15.8. The van der Waals surface area contributed by atoms with E-state index in [0.29, 0.717) is 64.2 Å². The van der Waals surface area contributed by atoms with E-state index < -0.39 is 30.1 Å². The third kappa shape index (κ3) is 7.25. The summed E-state index contributed by atoms with van der Waals surface area (Å²) in [6, 6.07) is 12.8. The number of phenolic OH excluding ortho intramolecular Hbond substituents is 1. The number of benzene rings is 2. The number of nitrogens with two attached hydrogens (primary N) is 1. The van der Waals surface area contributed by atoms with E-state index in [2.05, 4.69) is 18.3 Å². The van der Waals surface area contributed by atoms with Gasteiger partial charge in [-0.15, -0.1) is 0 Å². The first-order valence-electron chi connectivity index (χ1n) is 17.1. The number of rotatable bonds is 8. The van der Waals surface area contributed by atoms with Crippen LogP contribution >= 0.6 is 11.6 Å². The molecule has 0 spiro atoms. The van der Waals surface area contributed by atoms with Crippen molar-refractivity contribution < 1.29 is 39.1 Å². The number of carbonyl (C=O) groups is 2. The molecule has 1 heterocycles. The first-order valence-corrected chi connectivity index (χ1v) is 17.5. The zero-order valence-corrected chi connectivity index (χ0v) is 29.5. The molecule has 10 nitrogen and oxygen atoms in total. The fraction of sp³-hybridized carbons (Fsp3) is 0.526. The van der Waals surface area contributed by atoms with Crippen LogP contribution in [0.4, 0.5) is 0 Å². The standard InChI is InChI=1S/C20H25ClN2O5.C18H24O3/c1-4-28-20(25)18-15(11-27-10-9-22)23-12(2)16(19(24)26-3)17(18)13-7-5-6-8-14(13)21;1-18-7-6-13-12-5-3-11(19)8-10(12)2-4-14(13)15(18)9-16(20)17(18)21/h5-8,17,23H,4,9-11,22H2,1-3H3;3,5,8,13-17,19-21H,2,4,6-7,9H2,1H3/t;13-,14-,15+,16-,17+,18+/m.1/s1. The predicted octanol–water partition coefficient (Wildman–Crippen LogP) is 4.85. The number of aliphatic hydroxyl groups excluding tert-OH is 2. The number of allylic oxidation sites excluding steroid dienone is 1. The lowest BCUT2D eigenvalue weighted by Crippen LogP contribution is -2.44. The van der Waals surface area contributed by atoms with Gasteiger partial charge >= 0.3 is 11.9 Å². The second-order valence-corrected chi connectivity index (χ2v) is 14.1. The highest BCUT2D eigenvalue weighted by atomic mass is 35.5. The summed E-state index contributed by atoms with van der Waals surface area (Å²) in [5, 5.41) is 33.7. The minimum Gasteiger partial charge on any atom is -0.508 e. The maximum atomic E-state index is 12.9. The number of fused-ring (bicyclic) bond motifs is 5. The highest BCUT2D eigenvalue weighted by Crippen LogP contribution is 2.61. The molecule has 1 aliphatic heterocycles. The third-order valence-corrected chi connectivity index (χ3v) is 11.3. The van der Waals surface area contributed by atoms with E-state index in [1.165, 1.54) is 18.2 Å². The molecule has 2 aromatic carbocycles. The lowest BCUT2D eigenvalue weighted by Gasteiger charge is -2.49. The Balaban J connectivity index is 0.000000198. The van der Waals surface area contributed by atoms with Gasteiger partial charge in [0.2, 0.25) is 0 Å². The number of dihydropyridines is 1. The molecule has 7 atom stereocenters. The van der Waals surface area contributed by atoms with Gasteiger partial charge in [-0.05, 0) is 104 Å². The van der Waals surface area contributed by atoms with Gasteiger partial charge in [-0.2, -0.15) is 0 Å². The number of halogens is 1. The molecule has 0 saturated heterocycles. The normalized spacial score (nSPS) is 28.7. The molecule has 2 aromatic rings. The Morgan fingerprint density at radius 1 is 1.08 bits per heavy atom. The van der Waals surface area contributed by atoms with E-state index in [9.17, 15) is 24.9 Å². The highest BCUT2D eigenvalue weighted by molar-refractivity contribution is 6.31. The van der Waals surface area contributed by atoms with Crippen LogP contribution in [-0.4, -0.2) is 72.9 Å². The molecule has 0 radical (unpaired) electrons. The van der Waals surface area contributed by atoms with Crippen molar-refractivity contribution >= 4 is 23.5 Å². The molecule has 4 aliphatic rings. The summed E-state index contributed by atoms with van der Waals surface area (Å²) in [6.45, 7) is 6.58. The van der Waals surface area contributed by atoms with Crippen LogP contribution < -0.4 is 11.1 Å². The fourth-order valence-corrected chi connectivity index (χ4v) is 8.92. The summed E-state index contributed by atoms with van der Waals surface area (Å²) in [4.78, 5) is 25.5. The summed E-state index contributed by atoms with van der Waals surface area (Å²) in [5.74, 6) is 0.0111. The smallest absolute Gasteiger partial charge is 0.336 e. The quantitative estimate of drug-likeness (QED) is 0.191. The Hall–Kier alpha value is -3.41. The van der Waals surface area contributed by atoms with E-state index in [-0.39, 0.29) is 24.2 Å². The van der Waals surface area contributed by atoms with E-state index >= 15 is 0 Å². The molecule has 6 rings (SSSR count). The van der Waals surface area contributed by atoms with Crippen molar-refractivity contribution in [2.75, 3.05) is 33.5 Å². The highest BCUT2D eigenvalue weighted by Gasteiger charge is 2.57. The van der Waals surface area contributed by atoms with Crippen LogP contribution in [0, 0.1) is 17.3 Å². The molecular weight excluding hydrogens is 648 g/mol. The van der Waals surface area contributed by atoms with Crippen LogP contribution in [0.3, 0.4) is 0 Å². The minimum atomic E-state index is -0.752. The summed E-state index contributed by atoms with van der Waals surface area (Å²) >= 11 is 6.42. The van der Waals surface area contributed by atoms with Crippen LogP contribution in [0.1, 0.15) is 75.0 Å². The van der Waals surface area contributed by atoms with Gasteiger partial charge in [-0.1, -0.05) is 42.8 Å². The second-order valence-electron chi connectivity index (χ2n) is 13.7. The topological polar surface area (TPSA) is 161 Å². The zero-order valence-electron chi connectivity index (χ0n) is 28.7. The number of hydrogen-bond acceptors (Lipinski definition) is 10. The van der Waals surface area contributed by atoms with Crippen molar-refractivity contribution in [1.82, 2.24) is 5.32 Å². The third-order valence-electron chi connectivity index (χ3n) is 11.0. The van der Waals surface area contributed by atoms with Crippen molar-refractivity contribution in [3.63, 3.8) is 0 Å². The van der Waals surface area contributed by atoms with Crippen molar-refractivity contribution in [1.29, 1.82) is 0 Å². The largest absolute Gasteiger partial charge is 0.508 e. The van der Waals surface area contributed by atoms with Gasteiger partial charge in [-0.3, -0.25) is 0 Å². The van der Waals surface area contributed by atoms with Gasteiger partial charge < -0.3 is 40.6 Å². The molecule has 2 fully saturated rings. The Morgan fingerprint density at radius 2 is 1.84 bits per heavy atom. The van der Waals surface area contributed by atoms with Gasteiger partial charge in [0.25, 0.3) is 0 Å². The van der Waals surface area contributed by atoms with Gasteiger partial charge in [0, 0.05) is 17.3 Å². The van der Waals surface area contributed by atoms with Crippen molar-refractivity contribution in [2.45, 2.75) is 76.9 Å². The van der Waals surface area contributed by atoms with Gasteiger partial charge in [0.05, 0.1) is 61.9 Å². The number of aliphatic hydroxyl groups is 2. The van der Waals surface area contributed by atoms with Gasteiger partial charge in [0.15, 0.2) is 0 Å². The van der Waals surface area contributed by atoms with Gasteiger partial charge in [0.1, 0.15) is 5.75 Å². The number of carbonyl (C=O) groups excluding carboxylic acids is 2. The van der Waals surface area contributed by atoms with E-state index in [1.807, 2.05) is 6.07 Å². The van der Waals surface area contributed by atoms with Crippen molar-refractivity contribution in [2.24, 2.45) is 23.0 Å². The maximum Gasteiger partial charge on any atom is 0.336 e. The first kappa shape index (κ1) is 36.9. The SMILES string of the molecule is CCOC(=O)C1=C(COCCN)NC(C)=C(C(=O)OC)C1c1ccccc1Cl.C[C@]12CC[C@@H]3c4ccc(O)cc4CC[C@H]3[C@@H]1C[C@@H](O)[C@@H]2O. The minimum absolute atomic E-state index is 0.109. The molecule has 0 aromatic heterocycles. The number of nitrogens with one attached hydrogen (secondary N) is 1. The van der Waals surface area contributed by atoms with Crippen LogP contribution in [-0.2, 0) is 30.2 Å². The molecule has 49 heavy (non-hydrogen) atoms. The summed E-state index contributed by atoms with van der Waals surface area (Å²) in [6.07, 6.45) is 3.80. The lowest BCUT2D eigenvalue weighted by molar-refractivity contribution is -0.139. The number of ether oxygens (including phenoxy) is 3. The number of hydrogen-bond donors (Lipinski definition) is 5. The molecular formula is C38H49ClN2O8. The van der Waals surface area contributed by atoms with Crippen molar-refractivity contribution in [3.05, 3.63) is 86.7 Å². The number of aromatic hydroxyl groups is 1. The van der Waals surface area contributed by atoms with Gasteiger partial charge in [-0.25, -0.2) is 9.59 Å². The zero-order chi connectivity index (χ0) is 35.5. The molecule has 1 unspecified atom stereocenters. The Morgan fingerprint density at radius 3 is 2.53 bits per heavy atom. The number of methoxy groups -OCH3 is 1. The van der Waals surface area contributed by atoms with Crippen LogP contribution in [0.15, 0.2) is 65.0 Å². The Bertz CT molecular complexity index is 1610. The summed E-state index contributed by atoms with van der Waals surface area (Å²) in [5.41, 5.74) is 10.3. The van der Waals surface area contributed by atoms with Crippen molar-refractivity contribution in [3.8, 4) is 5.75 Å². The predicted molar refractivity (Wildman–Crippen MR) is 186 cm³/mol. The molecule has 0 bridgehead atoms. The molecule has 2 saturated carbocycles. The molecule has 3 aliphatic carbocycles. The number of aryl methyl sites for hydroxylation is 1. The molecule has 11 heteroatoms. The number of esters is 2. The maximum absolute atomic E-state index is 12.9. The van der Waals surface area contributed by atoms with E-state index in [1.54, 1.807) is 44.2 Å². The second kappa shape index (κ2) is 15.6. The van der Waals surface area contributed by atoms with Crippen LogP contribution in [0.2, 0.25) is 5.02 Å². The Kier molecular flexibility index (Phi) is 11.8. The monoisotopic (exact) mass is 696 g/mol. The Labute approximate surface area is 293 Å². The number of phenols is 1.